The molecular formula is C19H25N5O3. The molecule has 8 nitrogen and oxygen atoms in total. The minimum atomic E-state index is -0.706. The Labute approximate surface area is 158 Å². The second-order valence-corrected chi connectivity index (χ2v) is 6.98. The zero-order valence-electron chi connectivity index (χ0n) is 15.6. The number of piperidine rings is 1. The molecule has 0 radical (unpaired) electrons. The normalized spacial score (nSPS) is 20.3. The fraction of sp³-hybridized carbons (Fsp3) is 0.421. The SMILES string of the molecule is CN(C)C(=O)CN1CC[C@@H](NC(=O)c2ccc(-n3ccnc3)cc2)[C@H](O)C1. The maximum atomic E-state index is 12.5. The Bertz CT molecular complexity index is 773. The summed E-state index contributed by atoms with van der Waals surface area (Å²) < 4.78 is 1.86. The highest BCUT2D eigenvalue weighted by Crippen LogP contribution is 2.14. The molecule has 1 aliphatic rings. The molecule has 3 rings (SSSR count). The fourth-order valence-electron chi connectivity index (χ4n) is 3.09. The monoisotopic (exact) mass is 371 g/mol. The number of nitrogens with zero attached hydrogens (tertiary/aromatic N) is 4. The number of hydrogen-bond donors (Lipinski definition) is 2. The van der Waals surface area contributed by atoms with Crippen molar-refractivity contribution in [3.8, 4) is 5.69 Å². The van der Waals surface area contributed by atoms with Crippen LogP contribution in [0.1, 0.15) is 16.8 Å². The van der Waals surface area contributed by atoms with Crippen LogP contribution in [-0.4, -0.2) is 82.1 Å². The Kier molecular flexibility index (Phi) is 5.88. The van der Waals surface area contributed by atoms with Gasteiger partial charge in [-0.15, -0.1) is 0 Å². The molecule has 2 amide bonds. The minimum Gasteiger partial charge on any atom is -0.390 e. The molecule has 1 aromatic carbocycles. The van der Waals surface area contributed by atoms with Gasteiger partial charge in [-0.2, -0.15) is 0 Å². The van der Waals surface area contributed by atoms with Gasteiger partial charge in [0.05, 0.1) is 25.0 Å². The molecule has 2 aromatic rings. The van der Waals surface area contributed by atoms with Crippen molar-refractivity contribution in [3.05, 3.63) is 48.5 Å². The van der Waals surface area contributed by atoms with Crippen molar-refractivity contribution in [2.24, 2.45) is 0 Å². The second-order valence-electron chi connectivity index (χ2n) is 6.98. The van der Waals surface area contributed by atoms with E-state index in [1.54, 1.807) is 38.8 Å². The third kappa shape index (κ3) is 4.72. The summed E-state index contributed by atoms with van der Waals surface area (Å²) in [6.07, 6.45) is 5.12. The molecule has 144 valence electrons. The van der Waals surface area contributed by atoms with E-state index >= 15 is 0 Å². The van der Waals surface area contributed by atoms with Crippen LogP contribution in [0.25, 0.3) is 5.69 Å². The molecule has 2 N–H and O–H groups in total. The summed E-state index contributed by atoms with van der Waals surface area (Å²) in [5.74, 6) is -0.211. The largest absolute Gasteiger partial charge is 0.390 e. The Morgan fingerprint density at radius 1 is 1.30 bits per heavy atom. The van der Waals surface area contributed by atoms with E-state index in [-0.39, 0.29) is 24.4 Å². The summed E-state index contributed by atoms with van der Waals surface area (Å²) in [5, 5.41) is 13.3. The molecule has 1 aromatic heterocycles. The van der Waals surface area contributed by atoms with E-state index in [9.17, 15) is 14.7 Å². The van der Waals surface area contributed by atoms with Crippen molar-refractivity contribution >= 4 is 11.8 Å². The number of likely N-dealkylation sites (N-methyl/N-ethyl adjacent to an activating group) is 1. The van der Waals surface area contributed by atoms with Crippen LogP contribution < -0.4 is 5.32 Å². The number of aromatic nitrogens is 2. The molecular weight excluding hydrogens is 346 g/mol. The summed E-state index contributed by atoms with van der Waals surface area (Å²) in [5.41, 5.74) is 1.46. The Balaban J connectivity index is 1.54. The molecule has 8 heteroatoms. The van der Waals surface area contributed by atoms with Crippen LogP contribution in [-0.2, 0) is 4.79 Å². The number of nitrogens with one attached hydrogen (secondary N) is 1. The predicted octanol–water partition coefficient (Wildman–Crippen LogP) is 0.126. The molecule has 0 saturated carbocycles. The summed E-state index contributed by atoms with van der Waals surface area (Å²) in [6, 6.07) is 6.88. The van der Waals surface area contributed by atoms with Gasteiger partial charge in [-0.25, -0.2) is 4.98 Å². The van der Waals surface area contributed by atoms with Gasteiger partial charge in [0.15, 0.2) is 0 Å². The molecule has 1 aliphatic heterocycles. The van der Waals surface area contributed by atoms with E-state index < -0.39 is 6.10 Å². The quantitative estimate of drug-likeness (QED) is 0.779. The number of likely N-dealkylation sites (tertiary alicyclic amines) is 1. The minimum absolute atomic E-state index is 0.00247. The summed E-state index contributed by atoms with van der Waals surface area (Å²) in [6.45, 7) is 1.30. The maximum absolute atomic E-state index is 12.5. The number of β-amino-alcohol motifs (C(OH)–C–C–N with tert-alkyl or cyclic N) is 1. The second kappa shape index (κ2) is 8.32. The van der Waals surface area contributed by atoms with Gasteiger partial charge in [-0.3, -0.25) is 14.5 Å². The summed E-state index contributed by atoms with van der Waals surface area (Å²) in [7, 11) is 3.42. The lowest BCUT2D eigenvalue weighted by Crippen LogP contribution is -2.55. The molecule has 1 saturated heterocycles. The molecule has 1 fully saturated rings. The highest BCUT2D eigenvalue weighted by molar-refractivity contribution is 5.94. The first-order valence-electron chi connectivity index (χ1n) is 8.94. The highest BCUT2D eigenvalue weighted by Gasteiger charge is 2.30. The van der Waals surface area contributed by atoms with Gasteiger partial charge in [0, 0.05) is 50.8 Å². The van der Waals surface area contributed by atoms with Gasteiger partial charge in [0.2, 0.25) is 5.91 Å². The zero-order valence-corrected chi connectivity index (χ0v) is 15.6. The van der Waals surface area contributed by atoms with Gasteiger partial charge in [0.1, 0.15) is 0 Å². The lowest BCUT2D eigenvalue weighted by atomic mass is 10.0. The Morgan fingerprint density at radius 3 is 2.63 bits per heavy atom. The molecule has 2 atom stereocenters. The van der Waals surface area contributed by atoms with E-state index in [1.807, 2.05) is 27.8 Å². The van der Waals surface area contributed by atoms with E-state index in [2.05, 4.69) is 10.3 Å². The van der Waals surface area contributed by atoms with Crippen molar-refractivity contribution in [1.82, 2.24) is 24.7 Å². The van der Waals surface area contributed by atoms with Gasteiger partial charge in [-0.05, 0) is 30.7 Å². The van der Waals surface area contributed by atoms with Crippen LogP contribution in [0.3, 0.4) is 0 Å². The van der Waals surface area contributed by atoms with Crippen LogP contribution in [0.2, 0.25) is 0 Å². The van der Waals surface area contributed by atoms with Crippen LogP contribution in [0.5, 0.6) is 0 Å². The molecule has 27 heavy (non-hydrogen) atoms. The van der Waals surface area contributed by atoms with Crippen molar-refractivity contribution in [3.63, 3.8) is 0 Å². The lowest BCUT2D eigenvalue weighted by molar-refractivity contribution is -0.130. The predicted molar refractivity (Wildman–Crippen MR) is 101 cm³/mol. The molecule has 0 bridgehead atoms. The molecule has 0 unspecified atom stereocenters. The Hall–Kier alpha value is -2.71. The standard InChI is InChI=1S/C19H25N5O3/c1-22(2)18(26)12-23-9-7-16(17(25)11-23)21-19(27)14-3-5-15(6-4-14)24-10-8-20-13-24/h3-6,8,10,13,16-17,25H,7,9,11-12H2,1-2H3,(H,21,27)/t16-,17-/m1/s1. The maximum Gasteiger partial charge on any atom is 0.251 e. The van der Waals surface area contributed by atoms with E-state index in [4.69, 9.17) is 0 Å². The number of hydrogen-bond acceptors (Lipinski definition) is 5. The van der Waals surface area contributed by atoms with Crippen molar-refractivity contribution in [1.29, 1.82) is 0 Å². The first-order valence-corrected chi connectivity index (χ1v) is 8.94. The average Bonchev–Trinajstić information content (AvgIpc) is 3.18. The van der Waals surface area contributed by atoms with Crippen LogP contribution in [0.4, 0.5) is 0 Å². The van der Waals surface area contributed by atoms with Crippen LogP contribution in [0, 0.1) is 0 Å². The number of rotatable bonds is 5. The average molecular weight is 371 g/mol. The van der Waals surface area contributed by atoms with E-state index in [0.717, 1.165) is 5.69 Å². The zero-order chi connectivity index (χ0) is 19.4. The van der Waals surface area contributed by atoms with Crippen molar-refractivity contribution in [2.45, 2.75) is 18.6 Å². The number of aliphatic hydroxyl groups excluding tert-OH is 1. The summed E-state index contributed by atoms with van der Waals surface area (Å²) in [4.78, 5) is 31.7. The van der Waals surface area contributed by atoms with Gasteiger partial charge >= 0.3 is 0 Å². The van der Waals surface area contributed by atoms with Crippen LogP contribution in [0.15, 0.2) is 43.0 Å². The third-order valence-electron chi connectivity index (χ3n) is 4.77. The van der Waals surface area contributed by atoms with Crippen molar-refractivity contribution in [2.75, 3.05) is 33.7 Å². The van der Waals surface area contributed by atoms with E-state index in [1.165, 1.54) is 4.90 Å². The number of amides is 2. The fourth-order valence-corrected chi connectivity index (χ4v) is 3.09. The number of carbonyl (C=O) groups excluding carboxylic acids is 2. The molecule has 2 heterocycles. The third-order valence-corrected chi connectivity index (χ3v) is 4.77. The molecule has 0 spiro atoms. The van der Waals surface area contributed by atoms with E-state index in [0.29, 0.717) is 25.1 Å². The first-order chi connectivity index (χ1) is 12.9. The molecule has 0 aliphatic carbocycles. The van der Waals surface area contributed by atoms with Gasteiger partial charge in [0.25, 0.3) is 5.91 Å². The number of carbonyl (C=O) groups is 2. The highest BCUT2D eigenvalue weighted by atomic mass is 16.3. The topological polar surface area (TPSA) is 90.7 Å². The van der Waals surface area contributed by atoms with Gasteiger partial charge < -0.3 is 19.9 Å². The van der Waals surface area contributed by atoms with Crippen LogP contribution >= 0.6 is 0 Å². The smallest absolute Gasteiger partial charge is 0.251 e. The van der Waals surface area contributed by atoms with Crippen molar-refractivity contribution < 1.29 is 14.7 Å². The van der Waals surface area contributed by atoms with Gasteiger partial charge in [-0.1, -0.05) is 0 Å². The number of imidazole rings is 1. The number of aliphatic hydroxyl groups is 1. The Morgan fingerprint density at radius 2 is 2.04 bits per heavy atom. The summed E-state index contributed by atoms with van der Waals surface area (Å²) >= 11 is 0. The lowest BCUT2D eigenvalue weighted by Gasteiger charge is -2.36. The number of benzene rings is 1. The first kappa shape index (κ1) is 19.1.